The summed E-state index contributed by atoms with van der Waals surface area (Å²) in [6.07, 6.45) is -5.25. The molecule has 2 N–H and O–H groups in total. The van der Waals surface area contributed by atoms with Gasteiger partial charge in [0.2, 0.25) is 0 Å². The van der Waals surface area contributed by atoms with E-state index in [0.29, 0.717) is 0 Å². The third kappa shape index (κ3) is 3.75. The smallest absolute Gasteiger partial charge is 0.410 e. The highest BCUT2D eigenvalue weighted by Crippen LogP contribution is 2.45. The second kappa shape index (κ2) is 5.19. The Morgan fingerprint density at radius 2 is 1.74 bits per heavy atom. The maximum absolute atomic E-state index is 13.0. The fraction of sp³-hybridized carbons (Fsp3) is 0.917. The van der Waals surface area contributed by atoms with Crippen molar-refractivity contribution < 1.29 is 22.7 Å². The molecule has 0 radical (unpaired) electrons. The van der Waals surface area contributed by atoms with E-state index in [1.54, 1.807) is 20.8 Å². The van der Waals surface area contributed by atoms with Crippen LogP contribution in [0.15, 0.2) is 0 Å². The Morgan fingerprint density at radius 3 is 2.05 bits per heavy atom. The molecule has 1 rings (SSSR count). The number of halogens is 3. The molecule has 1 saturated heterocycles. The molecular formula is C12H21F3N2O2. The summed E-state index contributed by atoms with van der Waals surface area (Å²) in [7, 11) is 0. The lowest BCUT2D eigenvalue weighted by atomic mass is 9.78. The highest BCUT2D eigenvalue weighted by atomic mass is 19.4. The number of amides is 1. The third-order valence-electron chi connectivity index (χ3n) is 3.36. The van der Waals surface area contributed by atoms with Crippen molar-refractivity contribution in [2.75, 3.05) is 19.6 Å². The van der Waals surface area contributed by atoms with Crippen LogP contribution in [-0.2, 0) is 4.74 Å². The van der Waals surface area contributed by atoms with Crippen molar-refractivity contribution in [2.45, 2.75) is 45.4 Å². The van der Waals surface area contributed by atoms with Crippen molar-refractivity contribution in [1.29, 1.82) is 0 Å². The number of nitrogens with two attached hydrogens (primary N) is 1. The fourth-order valence-electron chi connectivity index (χ4n) is 2.05. The average Bonchev–Trinajstić information content (AvgIpc) is 2.25. The third-order valence-corrected chi connectivity index (χ3v) is 3.36. The molecule has 0 aromatic rings. The Bertz CT molecular complexity index is 329. The molecule has 1 heterocycles. The number of ether oxygens (including phenoxy) is 1. The van der Waals surface area contributed by atoms with Crippen molar-refractivity contribution in [3.8, 4) is 0 Å². The number of nitrogens with zero attached hydrogens (tertiary/aromatic N) is 1. The number of piperidine rings is 1. The molecule has 19 heavy (non-hydrogen) atoms. The van der Waals surface area contributed by atoms with E-state index in [0.717, 1.165) is 0 Å². The number of carbonyl (C=O) groups is 1. The molecule has 112 valence electrons. The minimum atomic E-state index is -4.33. The molecule has 0 aromatic carbocycles. The van der Waals surface area contributed by atoms with Gasteiger partial charge in [-0.25, -0.2) is 4.79 Å². The van der Waals surface area contributed by atoms with Crippen molar-refractivity contribution in [2.24, 2.45) is 11.1 Å². The highest BCUT2D eigenvalue weighted by molar-refractivity contribution is 5.68. The van der Waals surface area contributed by atoms with Crippen LogP contribution in [-0.4, -0.2) is 42.4 Å². The first kappa shape index (κ1) is 16.1. The SMILES string of the molecule is CC(C)(C)OC(=O)N1CCC(CN)(C(F)(F)F)CC1. The molecule has 0 unspecified atom stereocenters. The van der Waals surface area contributed by atoms with Gasteiger partial charge in [-0.15, -0.1) is 0 Å². The molecule has 7 heteroatoms. The molecule has 0 spiro atoms. The van der Waals surface area contributed by atoms with E-state index in [9.17, 15) is 18.0 Å². The molecule has 0 aliphatic carbocycles. The van der Waals surface area contributed by atoms with Crippen LogP contribution in [0.1, 0.15) is 33.6 Å². The second-order valence-electron chi connectivity index (χ2n) is 5.95. The average molecular weight is 282 g/mol. The van der Waals surface area contributed by atoms with Crippen LogP contribution < -0.4 is 5.73 Å². The van der Waals surface area contributed by atoms with Gasteiger partial charge in [-0.1, -0.05) is 0 Å². The van der Waals surface area contributed by atoms with Crippen LogP contribution in [0.5, 0.6) is 0 Å². The van der Waals surface area contributed by atoms with Crippen molar-refractivity contribution in [3.63, 3.8) is 0 Å². The number of carbonyl (C=O) groups excluding carboxylic acids is 1. The van der Waals surface area contributed by atoms with Crippen molar-refractivity contribution in [1.82, 2.24) is 4.90 Å². The Labute approximate surface area is 111 Å². The van der Waals surface area contributed by atoms with Gasteiger partial charge in [-0.3, -0.25) is 0 Å². The van der Waals surface area contributed by atoms with Gasteiger partial charge < -0.3 is 15.4 Å². The van der Waals surface area contributed by atoms with E-state index in [2.05, 4.69) is 0 Å². The summed E-state index contributed by atoms with van der Waals surface area (Å²) in [5.41, 5.74) is 2.77. The molecular weight excluding hydrogens is 261 g/mol. The predicted molar refractivity (Wildman–Crippen MR) is 64.6 cm³/mol. The van der Waals surface area contributed by atoms with E-state index < -0.39 is 29.8 Å². The lowest BCUT2D eigenvalue weighted by Crippen LogP contribution is -2.53. The van der Waals surface area contributed by atoms with Crippen LogP contribution >= 0.6 is 0 Å². The number of hydrogen-bond acceptors (Lipinski definition) is 3. The molecule has 1 aliphatic heterocycles. The van der Waals surface area contributed by atoms with Crippen molar-refractivity contribution in [3.05, 3.63) is 0 Å². The normalized spacial score (nSPS) is 20.3. The molecule has 0 atom stereocenters. The zero-order chi connectivity index (χ0) is 14.9. The number of alkyl halides is 3. The first-order valence-corrected chi connectivity index (χ1v) is 6.25. The summed E-state index contributed by atoms with van der Waals surface area (Å²) >= 11 is 0. The number of rotatable bonds is 1. The van der Waals surface area contributed by atoms with Crippen LogP contribution in [0.3, 0.4) is 0 Å². The molecule has 1 fully saturated rings. The largest absolute Gasteiger partial charge is 0.444 e. The summed E-state index contributed by atoms with van der Waals surface area (Å²) in [4.78, 5) is 13.1. The lowest BCUT2D eigenvalue weighted by molar-refractivity contribution is -0.233. The van der Waals surface area contributed by atoms with Crippen molar-refractivity contribution >= 4 is 6.09 Å². The number of likely N-dealkylation sites (tertiary alicyclic amines) is 1. The quantitative estimate of drug-likeness (QED) is 0.804. The van der Waals surface area contributed by atoms with Gasteiger partial charge in [0, 0.05) is 19.6 Å². The zero-order valence-electron chi connectivity index (χ0n) is 11.5. The minimum Gasteiger partial charge on any atom is -0.444 e. The second-order valence-corrected chi connectivity index (χ2v) is 5.95. The molecule has 0 bridgehead atoms. The summed E-state index contributed by atoms with van der Waals surface area (Å²) < 4.78 is 44.1. The van der Waals surface area contributed by atoms with Crippen LogP contribution in [0.25, 0.3) is 0 Å². The molecule has 0 saturated carbocycles. The highest BCUT2D eigenvalue weighted by Gasteiger charge is 2.55. The van der Waals surface area contributed by atoms with E-state index >= 15 is 0 Å². The van der Waals surface area contributed by atoms with Gasteiger partial charge in [0.15, 0.2) is 0 Å². The Balaban J connectivity index is 2.64. The van der Waals surface area contributed by atoms with E-state index in [1.807, 2.05) is 0 Å². The van der Waals surface area contributed by atoms with Gasteiger partial charge in [-0.05, 0) is 33.6 Å². The Morgan fingerprint density at radius 1 is 1.26 bits per heavy atom. The maximum Gasteiger partial charge on any atom is 0.410 e. The predicted octanol–water partition coefficient (Wildman–Crippen LogP) is 2.52. The maximum atomic E-state index is 13.0. The van der Waals surface area contributed by atoms with Crippen LogP contribution in [0.2, 0.25) is 0 Å². The van der Waals surface area contributed by atoms with Gasteiger partial charge in [-0.2, -0.15) is 13.2 Å². The van der Waals surface area contributed by atoms with Crippen LogP contribution in [0.4, 0.5) is 18.0 Å². The summed E-state index contributed by atoms with van der Waals surface area (Å²) in [5.74, 6) is 0. The topological polar surface area (TPSA) is 55.6 Å². The first-order valence-electron chi connectivity index (χ1n) is 6.25. The van der Waals surface area contributed by atoms with Crippen LogP contribution in [0, 0.1) is 5.41 Å². The molecule has 1 aliphatic rings. The summed E-state index contributed by atoms with van der Waals surface area (Å²) in [6, 6.07) is 0. The van der Waals surface area contributed by atoms with E-state index in [4.69, 9.17) is 10.5 Å². The van der Waals surface area contributed by atoms with Gasteiger partial charge in [0.1, 0.15) is 5.60 Å². The zero-order valence-corrected chi connectivity index (χ0v) is 11.5. The Hall–Kier alpha value is -0.980. The number of hydrogen-bond donors (Lipinski definition) is 1. The van der Waals surface area contributed by atoms with Gasteiger partial charge in [0.05, 0.1) is 5.41 Å². The first-order chi connectivity index (χ1) is 8.51. The molecule has 0 aromatic heterocycles. The fourth-order valence-corrected chi connectivity index (χ4v) is 2.05. The van der Waals surface area contributed by atoms with E-state index in [-0.39, 0.29) is 25.9 Å². The Kier molecular flexibility index (Phi) is 4.39. The monoisotopic (exact) mass is 282 g/mol. The molecule has 1 amide bonds. The molecule has 4 nitrogen and oxygen atoms in total. The summed E-state index contributed by atoms with van der Waals surface area (Å²) in [6.45, 7) is 4.74. The summed E-state index contributed by atoms with van der Waals surface area (Å²) in [5, 5.41) is 0. The lowest BCUT2D eigenvalue weighted by Gasteiger charge is -2.42. The van der Waals surface area contributed by atoms with Gasteiger partial charge in [0.25, 0.3) is 0 Å². The standard InChI is InChI=1S/C12H21F3N2O2/c1-10(2,3)19-9(18)17-6-4-11(8-16,5-7-17)12(13,14)15/h4-8,16H2,1-3H3. The van der Waals surface area contributed by atoms with Gasteiger partial charge >= 0.3 is 12.3 Å². The minimum absolute atomic E-state index is 0.0195. The van der Waals surface area contributed by atoms with E-state index in [1.165, 1.54) is 4.90 Å².